The molecule has 0 atom stereocenters. The van der Waals surface area contributed by atoms with Crippen molar-refractivity contribution in [3.8, 4) is 5.82 Å². The fourth-order valence-corrected chi connectivity index (χ4v) is 1.12. The molecule has 15 heavy (non-hydrogen) atoms. The number of rotatable bonds is 2. The van der Waals surface area contributed by atoms with Crippen molar-refractivity contribution in [1.82, 2.24) is 14.8 Å². The summed E-state index contributed by atoms with van der Waals surface area (Å²) in [6.07, 6.45) is 3.95. The van der Waals surface area contributed by atoms with E-state index in [1.165, 1.54) is 10.9 Å². The van der Waals surface area contributed by atoms with Gasteiger partial charge in [-0.2, -0.15) is 5.10 Å². The van der Waals surface area contributed by atoms with Gasteiger partial charge in [-0.25, -0.2) is 9.67 Å². The molecule has 0 bridgehead atoms. The summed E-state index contributed by atoms with van der Waals surface area (Å²) in [6, 6.07) is 3.33. The van der Waals surface area contributed by atoms with Crippen molar-refractivity contribution >= 4 is 11.4 Å². The molecule has 2 N–H and O–H groups in total. The Labute approximate surface area is 84.3 Å². The number of pyridine rings is 1. The summed E-state index contributed by atoms with van der Waals surface area (Å²) in [5, 5.41) is 14.2. The van der Waals surface area contributed by atoms with Crippen LogP contribution in [0.25, 0.3) is 5.82 Å². The van der Waals surface area contributed by atoms with Gasteiger partial charge in [-0.15, -0.1) is 0 Å². The molecular weight excluding hydrogens is 198 g/mol. The third kappa shape index (κ3) is 1.62. The van der Waals surface area contributed by atoms with E-state index in [0.29, 0.717) is 11.5 Å². The number of nitrogens with two attached hydrogens (primary N) is 1. The molecular formula is C8H7N5O2. The SMILES string of the molecule is Nc1cccnc1-n1cc([N+](=O)[O-])cn1. The molecule has 0 fully saturated rings. The maximum Gasteiger partial charge on any atom is 0.307 e. The second-order valence-electron chi connectivity index (χ2n) is 2.82. The molecule has 7 nitrogen and oxygen atoms in total. The molecule has 0 spiro atoms. The molecule has 0 amide bonds. The van der Waals surface area contributed by atoms with E-state index in [0.717, 1.165) is 6.20 Å². The van der Waals surface area contributed by atoms with Gasteiger partial charge < -0.3 is 5.73 Å². The lowest BCUT2D eigenvalue weighted by Crippen LogP contribution is -2.02. The van der Waals surface area contributed by atoms with Crippen LogP contribution in [0.2, 0.25) is 0 Å². The number of hydrogen-bond donors (Lipinski definition) is 1. The van der Waals surface area contributed by atoms with Crippen molar-refractivity contribution in [2.75, 3.05) is 5.73 Å². The number of nitrogens with zero attached hydrogens (tertiary/aromatic N) is 4. The molecule has 2 aromatic heterocycles. The molecule has 2 heterocycles. The monoisotopic (exact) mass is 205 g/mol. The highest BCUT2D eigenvalue weighted by Gasteiger charge is 2.11. The van der Waals surface area contributed by atoms with E-state index >= 15 is 0 Å². The average molecular weight is 205 g/mol. The Hall–Kier alpha value is -2.44. The zero-order valence-electron chi connectivity index (χ0n) is 7.57. The second-order valence-corrected chi connectivity index (χ2v) is 2.82. The van der Waals surface area contributed by atoms with Gasteiger partial charge in [-0.1, -0.05) is 0 Å². The number of nitrogen functional groups attached to an aromatic ring is 1. The van der Waals surface area contributed by atoms with E-state index in [1.54, 1.807) is 18.3 Å². The Bertz CT molecular complexity index is 507. The van der Waals surface area contributed by atoms with Gasteiger partial charge in [0, 0.05) is 6.20 Å². The van der Waals surface area contributed by atoms with Crippen molar-refractivity contribution < 1.29 is 4.92 Å². The van der Waals surface area contributed by atoms with Crippen LogP contribution < -0.4 is 5.73 Å². The minimum absolute atomic E-state index is 0.0972. The number of aromatic nitrogens is 3. The van der Waals surface area contributed by atoms with Crippen molar-refractivity contribution in [2.24, 2.45) is 0 Å². The molecule has 0 aliphatic carbocycles. The molecule has 0 aliphatic heterocycles. The standard InChI is InChI=1S/C8H7N5O2/c9-7-2-1-3-10-8(7)12-5-6(4-11-12)13(14)15/h1-5H,9H2. The van der Waals surface area contributed by atoms with Crippen molar-refractivity contribution in [2.45, 2.75) is 0 Å². The first-order chi connectivity index (χ1) is 7.18. The minimum atomic E-state index is -0.525. The molecule has 0 radical (unpaired) electrons. The Balaban J connectivity index is 2.46. The minimum Gasteiger partial charge on any atom is -0.396 e. The average Bonchev–Trinajstić information content (AvgIpc) is 2.67. The Morgan fingerprint density at radius 1 is 1.53 bits per heavy atom. The molecule has 0 saturated heterocycles. The van der Waals surface area contributed by atoms with Crippen LogP contribution in [0.3, 0.4) is 0 Å². The number of nitro groups is 1. The highest BCUT2D eigenvalue weighted by molar-refractivity contribution is 5.52. The van der Waals surface area contributed by atoms with Gasteiger partial charge in [0.25, 0.3) is 0 Å². The predicted octanol–water partition coefficient (Wildman–Crippen LogP) is 0.758. The number of anilines is 1. The van der Waals surface area contributed by atoms with Gasteiger partial charge in [-0.05, 0) is 12.1 Å². The summed E-state index contributed by atoms with van der Waals surface area (Å²) in [7, 11) is 0. The van der Waals surface area contributed by atoms with E-state index < -0.39 is 4.92 Å². The fourth-order valence-electron chi connectivity index (χ4n) is 1.12. The van der Waals surface area contributed by atoms with E-state index in [9.17, 15) is 10.1 Å². The summed E-state index contributed by atoms with van der Waals surface area (Å²) in [5.74, 6) is 0.380. The molecule has 7 heteroatoms. The van der Waals surface area contributed by atoms with Gasteiger partial charge in [0.05, 0.1) is 10.6 Å². The maximum absolute atomic E-state index is 10.4. The fraction of sp³-hybridized carbons (Fsp3) is 0. The van der Waals surface area contributed by atoms with Gasteiger partial charge in [0.2, 0.25) is 0 Å². The summed E-state index contributed by atoms with van der Waals surface area (Å²) in [6.45, 7) is 0. The van der Waals surface area contributed by atoms with Crippen molar-refractivity contribution in [1.29, 1.82) is 0 Å². The second kappa shape index (κ2) is 3.37. The molecule has 76 valence electrons. The van der Waals surface area contributed by atoms with E-state index in [-0.39, 0.29) is 5.69 Å². The van der Waals surface area contributed by atoms with Crippen LogP contribution in [0.5, 0.6) is 0 Å². The van der Waals surface area contributed by atoms with E-state index in [4.69, 9.17) is 5.73 Å². The van der Waals surface area contributed by atoms with E-state index in [2.05, 4.69) is 10.1 Å². The predicted molar refractivity (Wildman–Crippen MR) is 52.4 cm³/mol. The lowest BCUT2D eigenvalue weighted by molar-refractivity contribution is -0.384. The van der Waals surface area contributed by atoms with Gasteiger partial charge in [0.1, 0.15) is 12.4 Å². The topological polar surface area (TPSA) is 99.9 Å². The normalized spacial score (nSPS) is 10.1. The molecule has 0 unspecified atom stereocenters. The number of hydrogen-bond acceptors (Lipinski definition) is 5. The molecule has 0 aromatic carbocycles. The zero-order chi connectivity index (χ0) is 10.8. The highest BCUT2D eigenvalue weighted by atomic mass is 16.6. The van der Waals surface area contributed by atoms with Gasteiger partial charge in [0.15, 0.2) is 5.82 Å². The zero-order valence-corrected chi connectivity index (χ0v) is 7.57. The Morgan fingerprint density at radius 2 is 2.33 bits per heavy atom. The first kappa shape index (κ1) is 9.13. The van der Waals surface area contributed by atoms with Crippen LogP contribution in [0, 0.1) is 10.1 Å². The van der Waals surface area contributed by atoms with Crippen LogP contribution in [0.4, 0.5) is 11.4 Å². The van der Waals surface area contributed by atoms with Gasteiger partial charge >= 0.3 is 5.69 Å². The first-order valence-corrected chi connectivity index (χ1v) is 4.08. The van der Waals surface area contributed by atoms with Crippen LogP contribution in [-0.4, -0.2) is 19.7 Å². The van der Waals surface area contributed by atoms with E-state index in [1.807, 2.05) is 0 Å². The summed E-state index contributed by atoms with van der Waals surface area (Å²) >= 11 is 0. The largest absolute Gasteiger partial charge is 0.396 e. The lowest BCUT2D eigenvalue weighted by atomic mass is 10.4. The van der Waals surface area contributed by atoms with Crippen LogP contribution >= 0.6 is 0 Å². The Kier molecular flexibility index (Phi) is 2.05. The summed E-state index contributed by atoms with van der Waals surface area (Å²) in [5.41, 5.74) is 5.96. The molecule has 2 aromatic rings. The third-order valence-electron chi connectivity index (χ3n) is 1.81. The molecule has 0 saturated carbocycles. The smallest absolute Gasteiger partial charge is 0.307 e. The Morgan fingerprint density at radius 3 is 2.93 bits per heavy atom. The van der Waals surface area contributed by atoms with Crippen molar-refractivity contribution in [3.63, 3.8) is 0 Å². The quantitative estimate of drug-likeness (QED) is 0.576. The molecule has 0 aliphatic rings. The summed E-state index contributed by atoms with van der Waals surface area (Å²) < 4.78 is 1.27. The molecule has 2 rings (SSSR count). The van der Waals surface area contributed by atoms with Crippen LogP contribution in [-0.2, 0) is 0 Å². The van der Waals surface area contributed by atoms with Gasteiger partial charge in [-0.3, -0.25) is 10.1 Å². The first-order valence-electron chi connectivity index (χ1n) is 4.08. The third-order valence-corrected chi connectivity index (χ3v) is 1.81. The maximum atomic E-state index is 10.4. The van der Waals surface area contributed by atoms with Crippen LogP contribution in [0.15, 0.2) is 30.7 Å². The lowest BCUT2D eigenvalue weighted by Gasteiger charge is -2.01. The highest BCUT2D eigenvalue weighted by Crippen LogP contribution is 2.15. The summed E-state index contributed by atoms with van der Waals surface area (Å²) in [4.78, 5) is 13.9. The van der Waals surface area contributed by atoms with Crippen LogP contribution in [0.1, 0.15) is 0 Å². The van der Waals surface area contributed by atoms with Crippen molar-refractivity contribution in [3.05, 3.63) is 40.8 Å².